The molecular weight excluding hydrogens is 558 g/mol. The van der Waals surface area contributed by atoms with Crippen LogP contribution in [-0.4, -0.2) is 22.1 Å². The number of para-hydroxylation sites is 1. The number of allylic oxidation sites excluding steroid dienone is 1. The molecule has 7 nitrogen and oxygen atoms in total. The van der Waals surface area contributed by atoms with E-state index < -0.39 is 17.8 Å². The number of hydrogen-bond acceptors (Lipinski definition) is 9. The average Bonchev–Trinajstić information content (AvgIpc) is 3.61. The van der Waals surface area contributed by atoms with Crippen LogP contribution in [0.25, 0.3) is 16.3 Å². The Bertz CT molecular complexity index is 1900. The first kappa shape index (κ1) is 25.5. The van der Waals surface area contributed by atoms with E-state index in [-0.39, 0.29) is 17.7 Å². The van der Waals surface area contributed by atoms with Crippen LogP contribution in [-0.2, 0) is 9.53 Å². The maximum Gasteiger partial charge on any atom is 0.338 e. The molecule has 1 unspecified atom stereocenters. The van der Waals surface area contributed by atoms with Gasteiger partial charge in [-0.3, -0.25) is 9.36 Å². The van der Waals surface area contributed by atoms with E-state index in [0.717, 1.165) is 14.6 Å². The number of hydrogen-bond donors (Lipinski definition) is 0. The summed E-state index contributed by atoms with van der Waals surface area (Å²) in [6.07, 6.45) is 1.66. The molecule has 6 rings (SSSR count). The number of esters is 1. The summed E-state index contributed by atoms with van der Waals surface area (Å²) in [4.78, 5) is 36.2. The molecule has 1 aliphatic rings. The second-order valence-electron chi connectivity index (χ2n) is 8.56. The second-order valence-corrected chi connectivity index (χ2v) is 11.9. The number of ether oxygens (including phenoxy) is 1. The van der Waals surface area contributed by atoms with Crippen LogP contribution in [0.5, 0.6) is 0 Å². The Morgan fingerprint density at radius 1 is 1.15 bits per heavy atom. The van der Waals surface area contributed by atoms with Gasteiger partial charge in [-0.15, -0.1) is 11.3 Å². The van der Waals surface area contributed by atoms with Gasteiger partial charge in [0.05, 0.1) is 38.7 Å². The van der Waals surface area contributed by atoms with Crippen molar-refractivity contribution in [3.05, 3.63) is 109 Å². The monoisotopic (exact) mass is 577 g/mol. The van der Waals surface area contributed by atoms with Gasteiger partial charge in [-0.05, 0) is 67.6 Å². The van der Waals surface area contributed by atoms with Crippen molar-refractivity contribution in [2.75, 3.05) is 6.61 Å². The van der Waals surface area contributed by atoms with Crippen molar-refractivity contribution in [2.24, 2.45) is 4.99 Å². The second kappa shape index (κ2) is 10.4. The number of halogens is 1. The smallest absolute Gasteiger partial charge is 0.338 e. The first-order valence-corrected chi connectivity index (χ1v) is 14.4. The predicted octanol–water partition coefficient (Wildman–Crippen LogP) is 5.29. The van der Waals surface area contributed by atoms with E-state index in [1.54, 1.807) is 49.5 Å². The Kier molecular flexibility index (Phi) is 6.79. The summed E-state index contributed by atoms with van der Waals surface area (Å²) in [6.45, 7) is 3.59. The zero-order valence-corrected chi connectivity index (χ0v) is 23.2. The van der Waals surface area contributed by atoms with Crippen LogP contribution in [0.15, 0.2) is 95.6 Å². The lowest BCUT2D eigenvalue weighted by molar-refractivity contribution is -0.139. The Hall–Kier alpha value is -3.80. The van der Waals surface area contributed by atoms with Crippen LogP contribution in [0.4, 0.5) is 4.39 Å². The van der Waals surface area contributed by atoms with Gasteiger partial charge in [0.1, 0.15) is 11.6 Å². The number of carbonyl (C=O) groups is 1. The summed E-state index contributed by atoms with van der Waals surface area (Å²) in [5, 5.41) is 0.651. The average molecular weight is 578 g/mol. The summed E-state index contributed by atoms with van der Waals surface area (Å²) in [5.74, 6) is -0.477. The summed E-state index contributed by atoms with van der Waals surface area (Å²) >= 11 is 4.20. The molecule has 5 aromatic rings. The highest BCUT2D eigenvalue weighted by atomic mass is 32.2. The topological polar surface area (TPSA) is 86.7 Å². The lowest BCUT2D eigenvalue weighted by Crippen LogP contribution is -2.39. The molecule has 1 aliphatic heterocycles. The van der Waals surface area contributed by atoms with Crippen molar-refractivity contribution in [2.45, 2.75) is 29.3 Å². The van der Waals surface area contributed by atoms with Gasteiger partial charge in [-0.1, -0.05) is 35.6 Å². The molecule has 1 atom stereocenters. The van der Waals surface area contributed by atoms with Crippen LogP contribution in [0, 0.1) is 5.82 Å². The third-order valence-corrected chi connectivity index (χ3v) is 9.04. The molecule has 0 saturated heterocycles. The lowest BCUT2D eigenvalue weighted by atomic mass is 9.96. The number of fused-ring (bicyclic) bond motifs is 2. The summed E-state index contributed by atoms with van der Waals surface area (Å²) in [7, 11) is 0. The fraction of sp³-hybridized carbons (Fsp3) is 0.143. The first-order valence-electron chi connectivity index (χ1n) is 12.0. The Balaban J connectivity index is 1.39. The first-order chi connectivity index (χ1) is 18.9. The molecule has 0 amide bonds. The highest BCUT2D eigenvalue weighted by Gasteiger charge is 2.33. The number of furan rings is 1. The Labute approximate surface area is 233 Å². The normalized spacial score (nSPS) is 15.5. The standard InChI is InChI=1S/C28H20FN3O4S3/c1-3-35-26(34)23-15(2)30-27-32(24(23)16-8-10-17(29)11-9-16)25(33)21(37-27)14-18-12-13-22(36-18)39-28-31-19-6-4-5-7-20(19)38-28/h4-14,24H,3H2,1-2H3. The molecule has 3 aromatic heterocycles. The highest BCUT2D eigenvalue weighted by Crippen LogP contribution is 2.35. The van der Waals surface area contributed by atoms with Crippen molar-refractivity contribution in [1.29, 1.82) is 0 Å². The van der Waals surface area contributed by atoms with E-state index in [4.69, 9.17) is 9.15 Å². The molecule has 0 aliphatic carbocycles. The molecule has 2 aromatic carbocycles. The van der Waals surface area contributed by atoms with Crippen LogP contribution >= 0.6 is 34.4 Å². The number of aromatic nitrogens is 2. The van der Waals surface area contributed by atoms with Crippen LogP contribution in [0.2, 0.25) is 0 Å². The molecule has 39 heavy (non-hydrogen) atoms. The van der Waals surface area contributed by atoms with Crippen LogP contribution in [0.1, 0.15) is 31.2 Å². The van der Waals surface area contributed by atoms with E-state index in [9.17, 15) is 14.0 Å². The van der Waals surface area contributed by atoms with E-state index in [1.807, 2.05) is 30.3 Å². The van der Waals surface area contributed by atoms with Crippen LogP contribution in [0.3, 0.4) is 0 Å². The fourth-order valence-electron chi connectivity index (χ4n) is 4.33. The van der Waals surface area contributed by atoms with Gasteiger partial charge in [0.15, 0.2) is 14.2 Å². The van der Waals surface area contributed by atoms with Crippen molar-refractivity contribution in [1.82, 2.24) is 9.55 Å². The molecule has 4 heterocycles. The SMILES string of the molecule is CCOC(=O)C1=C(C)N=c2sc(=Cc3ccc(Sc4nc5ccccc5s4)o3)c(=O)n2C1c1ccc(F)cc1. The number of nitrogens with zero attached hydrogens (tertiary/aromatic N) is 3. The molecule has 0 radical (unpaired) electrons. The molecule has 0 saturated carbocycles. The zero-order valence-electron chi connectivity index (χ0n) is 20.7. The number of benzene rings is 2. The fourth-order valence-corrected chi connectivity index (χ4v) is 7.32. The van der Waals surface area contributed by atoms with Gasteiger partial charge in [-0.2, -0.15) is 0 Å². The molecule has 0 N–H and O–H groups in total. The van der Waals surface area contributed by atoms with Gasteiger partial charge in [-0.25, -0.2) is 19.2 Å². The minimum absolute atomic E-state index is 0.173. The molecule has 0 fully saturated rings. The minimum Gasteiger partial charge on any atom is -0.463 e. The van der Waals surface area contributed by atoms with Gasteiger partial charge >= 0.3 is 5.97 Å². The van der Waals surface area contributed by atoms with Gasteiger partial charge in [0, 0.05) is 6.08 Å². The summed E-state index contributed by atoms with van der Waals surface area (Å²) in [5.41, 5.74) is 1.87. The molecule has 196 valence electrons. The largest absolute Gasteiger partial charge is 0.463 e. The van der Waals surface area contributed by atoms with Crippen molar-refractivity contribution in [3.8, 4) is 0 Å². The third kappa shape index (κ3) is 4.88. The van der Waals surface area contributed by atoms with E-state index >= 15 is 0 Å². The van der Waals surface area contributed by atoms with Crippen molar-refractivity contribution < 1.29 is 18.3 Å². The minimum atomic E-state index is -0.801. The number of thiazole rings is 2. The lowest BCUT2D eigenvalue weighted by Gasteiger charge is -2.24. The molecular formula is C28H20FN3O4S3. The van der Waals surface area contributed by atoms with Gasteiger partial charge < -0.3 is 9.15 Å². The Morgan fingerprint density at radius 3 is 2.72 bits per heavy atom. The van der Waals surface area contributed by atoms with Crippen molar-refractivity contribution in [3.63, 3.8) is 0 Å². The van der Waals surface area contributed by atoms with E-state index in [1.165, 1.54) is 39.8 Å². The Morgan fingerprint density at radius 2 is 1.95 bits per heavy atom. The molecule has 0 spiro atoms. The van der Waals surface area contributed by atoms with E-state index in [2.05, 4.69) is 9.98 Å². The number of rotatable bonds is 6. The van der Waals surface area contributed by atoms with Gasteiger partial charge in [0.25, 0.3) is 5.56 Å². The summed E-state index contributed by atoms with van der Waals surface area (Å²) < 4.78 is 28.8. The summed E-state index contributed by atoms with van der Waals surface area (Å²) in [6, 6.07) is 16.5. The van der Waals surface area contributed by atoms with Gasteiger partial charge in [0.2, 0.25) is 0 Å². The maximum absolute atomic E-state index is 13.7. The predicted molar refractivity (Wildman–Crippen MR) is 149 cm³/mol. The third-order valence-electron chi connectivity index (χ3n) is 6.04. The molecule has 11 heteroatoms. The van der Waals surface area contributed by atoms with E-state index in [0.29, 0.717) is 31.4 Å². The molecule has 0 bridgehead atoms. The van der Waals surface area contributed by atoms with Crippen molar-refractivity contribution >= 4 is 56.7 Å². The van der Waals surface area contributed by atoms with Crippen LogP contribution < -0.4 is 14.9 Å². The number of carbonyl (C=O) groups excluding carboxylic acids is 1. The zero-order chi connectivity index (χ0) is 27.1. The highest BCUT2D eigenvalue weighted by molar-refractivity contribution is 8.01. The maximum atomic E-state index is 13.7. The quantitative estimate of drug-likeness (QED) is 0.255.